The highest BCUT2D eigenvalue weighted by atomic mass is 32.1. The van der Waals surface area contributed by atoms with Crippen LogP contribution in [0.5, 0.6) is 5.75 Å². The zero-order chi connectivity index (χ0) is 26.1. The predicted molar refractivity (Wildman–Crippen MR) is 129 cm³/mol. The summed E-state index contributed by atoms with van der Waals surface area (Å²) >= 11 is 1.10. The minimum absolute atomic E-state index is 0.0126. The lowest BCUT2D eigenvalue weighted by Crippen LogP contribution is -2.14. The molecule has 0 saturated heterocycles. The molecular formula is C24H18F3N7O2S. The van der Waals surface area contributed by atoms with E-state index < -0.39 is 24.0 Å². The number of pyridine rings is 2. The maximum atomic E-state index is 14.4. The van der Waals surface area contributed by atoms with E-state index in [4.69, 9.17) is 4.74 Å². The first-order valence-corrected chi connectivity index (χ1v) is 11.8. The second kappa shape index (κ2) is 9.98. The quantitative estimate of drug-likeness (QED) is 0.370. The summed E-state index contributed by atoms with van der Waals surface area (Å²) in [6, 6.07) is 2.53. The first-order valence-electron chi connectivity index (χ1n) is 11.0. The van der Waals surface area contributed by atoms with E-state index in [1.165, 1.54) is 30.3 Å². The Morgan fingerprint density at radius 2 is 2.00 bits per heavy atom. The number of nitrogens with one attached hydrogen (secondary N) is 1. The van der Waals surface area contributed by atoms with Crippen molar-refractivity contribution in [3.8, 4) is 40.0 Å². The summed E-state index contributed by atoms with van der Waals surface area (Å²) in [7, 11) is 2.89. The Morgan fingerprint density at radius 1 is 1.19 bits per heavy atom. The monoisotopic (exact) mass is 525 g/mol. The van der Waals surface area contributed by atoms with Crippen molar-refractivity contribution in [2.45, 2.75) is 19.3 Å². The first kappa shape index (κ1) is 24.4. The van der Waals surface area contributed by atoms with Crippen molar-refractivity contribution >= 4 is 22.4 Å². The predicted octanol–water partition coefficient (Wildman–Crippen LogP) is 4.49. The maximum Gasteiger partial charge on any atom is 0.280 e. The Bertz CT molecular complexity index is 1550. The molecule has 0 spiro atoms. The number of amides is 1. The smallest absolute Gasteiger partial charge is 0.280 e. The lowest BCUT2D eigenvalue weighted by atomic mass is 9.98. The van der Waals surface area contributed by atoms with Gasteiger partial charge >= 0.3 is 0 Å². The van der Waals surface area contributed by atoms with Gasteiger partial charge in [0.25, 0.3) is 12.3 Å². The van der Waals surface area contributed by atoms with Gasteiger partial charge in [-0.05, 0) is 30.9 Å². The molecule has 0 radical (unpaired) electrons. The zero-order valence-electron chi connectivity index (χ0n) is 19.5. The highest BCUT2D eigenvalue weighted by Crippen LogP contribution is 2.37. The Balaban J connectivity index is 1.57. The van der Waals surface area contributed by atoms with Crippen LogP contribution in [0.2, 0.25) is 0 Å². The normalized spacial score (nSPS) is 12.8. The summed E-state index contributed by atoms with van der Waals surface area (Å²) < 4.78 is 48.0. The van der Waals surface area contributed by atoms with E-state index >= 15 is 0 Å². The number of aryl methyl sites for hydroxylation is 1. The van der Waals surface area contributed by atoms with Gasteiger partial charge < -0.3 is 4.74 Å². The van der Waals surface area contributed by atoms with Crippen molar-refractivity contribution in [2.24, 2.45) is 13.0 Å². The largest absolute Gasteiger partial charge is 0.494 e. The molecule has 1 aliphatic rings. The average Bonchev–Trinajstić information content (AvgIpc) is 3.51. The number of carbonyl (C=O) groups is 1. The number of rotatable bonds is 6. The van der Waals surface area contributed by atoms with Crippen molar-refractivity contribution in [1.82, 2.24) is 29.9 Å². The SMILES string of the molecule is COc1cnc(C(F)F)cc1-c1cc(-c2cn(C)nc2F)ncc1C(=O)Nc1nnc(C#CC2CC2)s1. The van der Waals surface area contributed by atoms with Crippen LogP contribution in [0.25, 0.3) is 22.4 Å². The Morgan fingerprint density at radius 3 is 2.68 bits per heavy atom. The van der Waals surface area contributed by atoms with Gasteiger partial charge in [-0.25, -0.2) is 8.78 Å². The minimum Gasteiger partial charge on any atom is -0.494 e. The molecule has 188 valence electrons. The Labute approximate surface area is 212 Å². The van der Waals surface area contributed by atoms with Crippen LogP contribution >= 0.6 is 11.3 Å². The highest BCUT2D eigenvalue weighted by Gasteiger charge is 2.23. The molecule has 1 saturated carbocycles. The van der Waals surface area contributed by atoms with E-state index in [1.807, 2.05) is 0 Å². The Kier molecular flexibility index (Phi) is 6.58. The van der Waals surface area contributed by atoms with Gasteiger partial charge in [0.15, 0.2) is 5.01 Å². The number of hydrogen-bond acceptors (Lipinski definition) is 8. The molecular weight excluding hydrogens is 507 g/mol. The van der Waals surface area contributed by atoms with E-state index in [0.717, 1.165) is 36.4 Å². The van der Waals surface area contributed by atoms with Crippen LogP contribution in [0.4, 0.5) is 18.3 Å². The molecule has 1 amide bonds. The molecule has 0 bridgehead atoms. The third-order valence-electron chi connectivity index (χ3n) is 5.44. The highest BCUT2D eigenvalue weighted by molar-refractivity contribution is 7.15. The fourth-order valence-electron chi connectivity index (χ4n) is 3.47. The molecule has 0 aromatic carbocycles. The number of aromatic nitrogens is 6. The van der Waals surface area contributed by atoms with Crippen molar-refractivity contribution in [3.63, 3.8) is 0 Å². The molecule has 0 aliphatic heterocycles. The molecule has 0 atom stereocenters. The van der Waals surface area contributed by atoms with Crippen LogP contribution in [0, 0.1) is 23.7 Å². The van der Waals surface area contributed by atoms with Gasteiger partial charge in [-0.1, -0.05) is 17.3 Å². The third kappa shape index (κ3) is 5.29. The summed E-state index contributed by atoms with van der Waals surface area (Å²) in [5.41, 5.74) is 0.0305. The number of anilines is 1. The van der Waals surface area contributed by atoms with Crippen LogP contribution in [0.1, 0.15) is 40.3 Å². The first-order chi connectivity index (χ1) is 17.8. The van der Waals surface area contributed by atoms with E-state index in [0.29, 0.717) is 10.9 Å². The zero-order valence-corrected chi connectivity index (χ0v) is 20.3. The van der Waals surface area contributed by atoms with Gasteiger partial charge in [0, 0.05) is 36.5 Å². The van der Waals surface area contributed by atoms with Crippen LogP contribution in [0.15, 0.2) is 30.7 Å². The average molecular weight is 526 g/mol. The molecule has 4 aromatic heterocycles. The lowest BCUT2D eigenvalue weighted by molar-refractivity contribution is 0.102. The van der Waals surface area contributed by atoms with Crippen LogP contribution in [-0.2, 0) is 7.05 Å². The van der Waals surface area contributed by atoms with Crippen molar-refractivity contribution in [2.75, 3.05) is 12.4 Å². The molecule has 1 fully saturated rings. The van der Waals surface area contributed by atoms with E-state index in [1.54, 1.807) is 7.05 Å². The fraction of sp³-hybridized carbons (Fsp3) is 0.250. The van der Waals surface area contributed by atoms with Gasteiger partial charge in [0.1, 0.15) is 11.4 Å². The number of alkyl halides is 2. The summed E-state index contributed by atoms with van der Waals surface area (Å²) in [5, 5.41) is 14.9. The molecule has 1 aliphatic carbocycles. The summed E-state index contributed by atoms with van der Waals surface area (Å²) in [6.45, 7) is 0. The molecule has 4 heterocycles. The van der Waals surface area contributed by atoms with Gasteiger partial charge in [-0.3, -0.25) is 24.8 Å². The molecule has 37 heavy (non-hydrogen) atoms. The van der Waals surface area contributed by atoms with E-state index in [-0.39, 0.29) is 38.8 Å². The van der Waals surface area contributed by atoms with Crippen LogP contribution in [0.3, 0.4) is 0 Å². The van der Waals surface area contributed by atoms with E-state index in [2.05, 4.69) is 42.4 Å². The minimum atomic E-state index is -2.87. The number of carbonyl (C=O) groups excluding carboxylic acids is 1. The summed E-state index contributed by atoms with van der Waals surface area (Å²) in [6.07, 6.45) is 3.05. The lowest BCUT2D eigenvalue weighted by Gasteiger charge is -2.14. The summed E-state index contributed by atoms with van der Waals surface area (Å²) in [4.78, 5) is 21.2. The van der Waals surface area contributed by atoms with Gasteiger partial charge in [0.05, 0.1) is 30.1 Å². The molecule has 4 aromatic rings. The van der Waals surface area contributed by atoms with Gasteiger partial charge in [0.2, 0.25) is 11.1 Å². The molecule has 5 rings (SSSR count). The van der Waals surface area contributed by atoms with Crippen molar-refractivity contribution in [1.29, 1.82) is 0 Å². The number of hydrogen-bond donors (Lipinski definition) is 1. The molecule has 9 nitrogen and oxygen atoms in total. The van der Waals surface area contributed by atoms with Crippen molar-refractivity contribution < 1.29 is 22.7 Å². The van der Waals surface area contributed by atoms with Crippen LogP contribution in [-0.4, -0.2) is 43.0 Å². The number of ether oxygens (including phenoxy) is 1. The van der Waals surface area contributed by atoms with Gasteiger partial charge in [-0.15, -0.1) is 15.3 Å². The molecule has 13 heteroatoms. The maximum absolute atomic E-state index is 14.4. The number of nitrogens with zero attached hydrogens (tertiary/aromatic N) is 6. The molecule has 0 unspecified atom stereocenters. The molecule has 1 N–H and O–H groups in total. The second-order valence-corrected chi connectivity index (χ2v) is 9.12. The summed E-state index contributed by atoms with van der Waals surface area (Å²) in [5.74, 6) is 5.12. The van der Waals surface area contributed by atoms with Crippen LogP contribution < -0.4 is 10.1 Å². The number of halogens is 3. The fourth-order valence-corrected chi connectivity index (χ4v) is 4.07. The van der Waals surface area contributed by atoms with E-state index in [9.17, 15) is 18.0 Å². The number of methoxy groups -OCH3 is 1. The second-order valence-electron chi connectivity index (χ2n) is 8.14. The van der Waals surface area contributed by atoms with Gasteiger partial charge in [-0.2, -0.15) is 4.39 Å². The topological polar surface area (TPSA) is 108 Å². The third-order valence-corrected chi connectivity index (χ3v) is 6.19. The van der Waals surface area contributed by atoms with Crippen molar-refractivity contribution in [3.05, 3.63) is 52.9 Å². The Hall–Kier alpha value is -4.31. The standard InChI is InChI=1S/C24H18F3N7O2S/c1-34-11-16(22(27)33-34)17-7-13(14-8-18(21(25)26)29-10-19(14)36-2)15(9-28-17)23(35)30-24-32-31-20(37-24)6-5-12-3-4-12/h7-12,21H,3-4H2,1-2H3,(H,30,32,35).